The third-order valence-electron chi connectivity index (χ3n) is 3.30. The van der Waals surface area contributed by atoms with Gasteiger partial charge in [-0.15, -0.1) is 0 Å². The van der Waals surface area contributed by atoms with Crippen LogP contribution in [-0.4, -0.2) is 55.0 Å². The van der Waals surface area contributed by atoms with Gasteiger partial charge in [-0.05, 0) is 6.08 Å². The van der Waals surface area contributed by atoms with E-state index >= 15 is 0 Å². The number of ether oxygens (including phenoxy) is 1. The molecule has 0 unspecified atom stereocenters. The predicted molar refractivity (Wildman–Crippen MR) is 79.3 cm³/mol. The molecule has 0 aliphatic carbocycles. The molecular formula is C12H14BrN3O6. The standard InChI is InChI=1S/C12H14BrN3O6/c13-9-7(18)4-22-12(9,5-17)16-3-6(1-2-8(19)20)10(14)15-11(16)21/h1-3,7,9,17-18H,4-5H2,(H,19,20)(H2,14,15,21)/t7-,9+,12-/m0/s1. The van der Waals surface area contributed by atoms with Crippen molar-refractivity contribution in [3.05, 3.63) is 28.3 Å². The quantitative estimate of drug-likeness (QED) is 0.375. The monoisotopic (exact) mass is 375 g/mol. The van der Waals surface area contributed by atoms with Crippen molar-refractivity contribution in [2.45, 2.75) is 16.7 Å². The van der Waals surface area contributed by atoms with Gasteiger partial charge in [-0.3, -0.25) is 4.57 Å². The molecule has 0 aromatic carbocycles. The number of alkyl halides is 1. The van der Waals surface area contributed by atoms with Crippen molar-refractivity contribution in [3.63, 3.8) is 0 Å². The maximum absolute atomic E-state index is 12.1. The molecule has 5 N–H and O–H groups in total. The predicted octanol–water partition coefficient (Wildman–Crippen LogP) is -1.28. The molecule has 1 aromatic rings. The third kappa shape index (κ3) is 2.77. The van der Waals surface area contributed by atoms with E-state index in [9.17, 15) is 19.8 Å². The highest BCUT2D eigenvalue weighted by molar-refractivity contribution is 9.09. The molecule has 0 spiro atoms. The molecule has 10 heteroatoms. The molecule has 2 heterocycles. The molecule has 1 aliphatic rings. The Morgan fingerprint density at radius 2 is 2.36 bits per heavy atom. The smallest absolute Gasteiger partial charge is 0.351 e. The second kappa shape index (κ2) is 6.16. The van der Waals surface area contributed by atoms with Gasteiger partial charge in [-0.25, -0.2) is 9.59 Å². The van der Waals surface area contributed by atoms with E-state index in [1.54, 1.807) is 0 Å². The lowest BCUT2D eigenvalue weighted by atomic mass is 10.1. The van der Waals surface area contributed by atoms with E-state index in [1.165, 1.54) is 12.3 Å². The number of hydrogen-bond donors (Lipinski definition) is 4. The summed E-state index contributed by atoms with van der Waals surface area (Å²) in [6.07, 6.45) is 2.30. The van der Waals surface area contributed by atoms with Crippen LogP contribution in [0.1, 0.15) is 5.56 Å². The normalized spacial score (nSPS) is 28.3. The lowest BCUT2D eigenvalue weighted by Gasteiger charge is -2.31. The summed E-state index contributed by atoms with van der Waals surface area (Å²) in [4.78, 5) is 25.5. The molecule has 1 aromatic heterocycles. The van der Waals surface area contributed by atoms with Crippen LogP contribution in [0.15, 0.2) is 17.1 Å². The zero-order valence-corrected chi connectivity index (χ0v) is 12.8. The number of halogens is 1. The molecule has 1 fully saturated rings. The fourth-order valence-electron chi connectivity index (χ4n) is 2.15. The number of rotatable bonds is 4. The van der Waals surface area contributed by atoms with E-state index in [4.69, 9.17) is 15.6 Å². The molecule has 1 aliphatic heterocycles. The maximum Gasteiger partial charge on any atom is 0.351 e. The highest BCUT2D eigenvalue weighted by Crippen LogP contribution is 2.35. The van der Waals surface area contributed by atoms with Crippen LogP contribution in [0.25, 0.3) is 6.08 Å². The Morgan fingerprint density at radius 3 is 2.86 bits per heavy atom. The average molecular weight is 376 g/mol. The molecule has 2 rings (SSSR count). The zero-order valence-electron chi connectivity index (χ0n) is 11.2. The highest BCUT2D eigenvalue weighted by Gasteiger charge is 2.50. The number of carbonyl (C=O) groups is 1. The van der Waals surface area contributed by atoms with E-state index in [0.29, 0.717) is 0 Å². The van der Waals surface area contributed by atoms with E-state index in [2.05, 4.69) is 20.9 Å². The summed E-state index contributed by atoms with van der Waals surface area (Å²) in [6, 6.07) is 0. The van der Waals surface area contributed by atoms with Crippen LogP contribution in [-0.2, 0) is 15.3 Å². The van der Waals surface area contributed by atoms with Gasteiger partial charge in [0, 0.05) is 17.8 Å². The van der Waals surface area contributed by atoms with Crippen LogP contribution in [0.5, 0.6) is 0 Å². The number of anilines is 1. The Hall–Kier alpha value is -1.75. The van der Waals surface area contributed by atoms with Crippen molar-refractivity contribution in [2.75, 3.05) is 18.9 Å². The van der Waals surface area contributed by atoms with E-state index < -0.39 is 34.9 Å². The number of aromatic nitrogens is 2. The van der Waals surface area contributed by atoms with Crippen LogP contribution in [0.2, 0.25) is 0 Å². The molecule has 1 saturated heterocycles. The largest absolute Gasteiger partial charge is 0.478 e. The van der Waals surface area contributed by atoms with Crippen LogP contribution >= 0.6 is 15.9 Å². The van der Waals surface area contributed by atoms with Crippen LogP contribution in [0.4, 0.5) is 5.82 Å². The first-order valence-corrected chi connectivity index (χ1v) is 7.11. The van der Waals surface area contributed by atoms with Gasteiger partial charge in [-0.2, -0.15) is 4.98 Å². The van der Waals surface area contributed by atoms with Gasteiger partial charge >= 0.3 is 11.7 Å². The number of aliphatic hydroxyl groups is 2. The van der Waals surface area contributed by atoms with Gasteiger partial charge in [0.2, 0.25) is 0 Å². The number of hydrogen-bond acceptors (Lipinski definition) is 7. The number of nitrogen functional groups attached to an aromatic ring is 1. The summed E-state index contributed by atoms with van der Waals surface area (Å²) >= 11 is 3.20. The van der Waals surface area contributed by atoms with Gasteiger partial charge in [0.1, 0.15) is 5.82 Å². The molecule has 0 saturated carbocycles. The third-order valence-corrected chi connectivity index (χ3v) is 4.62. The Labute approximate surface area is 132 Å². The summed E-state index contributed by atoms with van der Waals surface area (Å²) in [7, 11) is 0. The molecule has 3 atom stereocenters. The minimum absolute atomic E-state index is 0.0897. The Bertz CT molecular complexity index is 675. The molecule has 9 nitrogen and oxygen atoms in total. The Balaban J connectivity index is 2.57. The first-order valence-electron chi connectivity index (χ1n) is 6.19. The molecule has 0 radical (unpaired) electrons. The lowest BCUT2D eigenvalue weighted by molar-refractivity contribution is -0.131. The van der Waals surface area contributed by atoms with Gasteiger partial charge in [0.05, 0.1) is 24.1 Å². The summed E-state index contributed by atoms with van der Waals surface area (Å²) in [6.45, 7) is -0.693. The summed E-state index contributed by atoms with van der Waals surface area (Å²) in [5.41, 5.74) is 3.41. The zero-order chi connectivity index (χ0) is 16.5. The van der Waals surface area contributed by atoms with Gasteiger partial charge in [-0.1, -0.05) is 15.9 Å². The number of nitrogens with zero attached hydrogens (tertiary/aromatic N) is 2. The van der Waals surface area contributed by atoms with Gasteiger partial charge in [0.25, 0.3) is 0 Å². The van der Waals surface area contributed by atoms with Crippen molar-refractivity contribution < 1.29 is 24.9 Å². The van der Waals surface area contributed by atoms with Gasteiger partial charge in [0.15, 0.2) is 5.72 Å². The first kappa shape index (κ1) is 16.6. The van der Waals surface area contributed by atoms with Crippen molar-refractivity contribution in [2.24, 2.45) is 0 Å². The summed E-state index contributed by atoms with van der Waals surface area (Å²) < 4.78 is 6.38. The average Bonchev–Trinajstić information content (AvgIpc) is 2.75. The topological polar surface area (TPSA) is 148 Å². The van der Waals surface area contributed by atoms with E-state index in [0.717, 1.165) is 10.6 Å². The molecule has 0 bridgehead atoms. The second-order valence-corrected chi connectivity index (χ2v) is 5.68. The fourth-order valence-corrected chi connectivity index (χ4v) is 2.80. The van der Waals surface area contributed by atoms with Crippen LogP contribution in [0.3, 0.4) is 0 Å². The lowest BCUT2D eigenvalue weighted by Crippen LogP contribution is -2.51. The minimum atomic E-state index is -1.55. The van der Waals surface area contributed by atoms with Crippen molar-refractivity contribution >= 4 is 33.8 Å². The minimum Gasteiger partial charge on any atom is -0.478 e. The summed E-state index contributed by atoms with van der Waals surface area (Å²) in [5.74, 6) is -1.35. The molecule has 120 valence electrons. The maximum atomic E-state index is 12.1. The first-order chi connectivity index (χ1) is 10.3. The van der Waals surface area contributed by atoms with Crippen LogP contribution < -0.4 is 11.4 Å². The Kier molecular flexibility index (Phi) is 4.66. The fraction of sp³-hybridized carbons (Fsp3) is 0.417. The summed E-state index contributed by atoms with van der Waals surface area (Å²) in [5, 5.41) is 28.1. The van der Waals surface area contributed by atoms with Crippen LogP contribution in [0, 0.1) is 0 Å². The number of carboxylic acids is 1. The second-order valence-electron chi connectivity index (χ2n) is 4.69. The van der Waals surface area contributed by atoms with Crippen molar-refractivity contribution in [1.82, 2.24) is 9.55 Å². The van der Waals surface area contributed by atoms with Crippen molar-refractivity contribution in [3.8, 4) is 0 Å². The molecule has 22 heavy (non-hydrogen) atoms. The highest BCUT2D eigenvalue weighted by atomic mass is 79.9. The number of aliphatic carboxylic acids is 1. The number of nitrogens with two attached hydrogens (primary N) is 1. The van der Waals surface area contributed by atoms with Crippen molar-refractivity contribution in [1.29, 1.82) is 0 Å². The van der Waals surface area contributed by atoms with Gasteiger partial charge < -0.3 is 25.8 Å². The number of carboxylic acid groups (broad SMARTS) is 1. The number of aliphatic hydroxyl groups excluding tert-OH is 2. The van der Waals surface area contributed by atoms with E-state index in [-0.39, 0.29) is 18.0 Å². The molecular weight excluding hydrogens is 362 g/mol. The van der Waals surface area contributed by atoms with E-state index in [1.807, 2.05) is 0 Å². The SMILES string of the molecule is Nc1nc(=O)n([C@@]2(CO)OC[C@H](O)[C@H]2Br)cc1C=CC(=O)O. The Morgan fingerprint density at radius 1 is 1.68 bits per heavy atom. The molecule has 0 amide bonds.